The van der Waals surface area contributed by atoms with Crippen molar-refractivity contribution in [3.63, 3.8) is 0 Å². The minimum absolute atomic E-state index is 0.519. The molecular formula is C11H7ClN. The molecule has 2 aromatic rings. The van der Waals surface area contributed by atoms with Gasteiger partial charge in [-0.25, -0.2) is 4.98 Å². The molecule has 0 saturated heterocycles. The summed E-state index contributed by atoms with van der Waals surface area (Å²) in [4.78, 5) is 3.92. The molecule has 0 aliphatic carbocycles. The molecule has 1 radical (unpaired) electrons. The van der Waals surface area contributed by atoms with Gasteiger partial charge >= 0.3 is 0 Å². The van der Waals surface area contributed by atoms with Crippen LogP contribution in [-0.4, -0.2) is 4.98 Å². The van der Waals surface area contributed by atoms with Crippen molar-refractivity contribution in [1.82, 2.24) is 4.98 Å². The number of halogens is 1. The first kappa shape index (κ1) is 8.27. The van der Waals surface area contributed by atoms with Crippen LogP contribution < -0.4 is 0 Å². The Morgan fingerprint density at radius 1 is 1.08 bits per heavy atom. The Balaban J connectivity index is 2.48. The lowest BCUT2D eigenvalue weighted by Crippen LogP contribution is -1.78. The molecule has 0 fully saturated rings. The van der Waals surface area contributed by atoms with Crippen molar-refractivity contribution in [2.45, 2.75) is 0 Å². The summed E-state index contributed by atoms with van der Waals surface area (Å²) in [6.45, 7) is 0. The van der Waals surface area contributed by atoms with Crippen LogP contribution in [0.5, 0.6) is 0 Å². The summed E-state index contributed by atoms with van der Waals surface area (Å²) in [5, 5.41) is 0.519. The number of rotatable bonds is 1. The van der Waals surface area contributed by atoms with Gasteiger partial charge in [-0.2, -0.15) is 0 Å². The molecule has 0 bridgehead atoms. The van der Waals surface area contributed by atoms with Crippen molar-refractivity contribution >= 4 is 11.6 Å². The smallest absolute Gasteiger partial charge is 0.129 e. The fourth-order valence-corrected chi connectivity index (χ4v) is 1.34. The first-order chi connectivity index (χ1) is 6.36. The van der Waals surface area contributed by atoms with E-state index in [2.05, 4.69) is 11.1 Å². The summed E-state index contributed by atoms with van der Waals surface area (Å²) < 4.78 is 0. The Bertz CT molecular complexity index is 398. The van der Waals surface area contributed by atoms with E-state index in [1.807, 2.05) is 36.4 Å². The minimum atomic E-state index is 0.519. The molecule has 13 heavy (non-hydrogen) atoms. The van der Waals surface area contributed by atoms with Crippen LogP contribution in [0.4, 0.5) is 0 Å². The average Bonchev–Trinajstić information content (AvgIpc) is 2.19. The number of aromatic nitrogens is 1. The van der Waals surface area contributed by atoms with Crippen LogP contribution in [0, 0.1) is 6.07 Å². The first-order valence-corrected chi connectivity index (χ1v) is 4.32. The van der Waals surface area contributed by atoms with Gasteiger partial charge in [-0.1, -0.05) is 35.9 Å². The van der Waals surface area contributed by atoms with Gasteiger partial charge in [-0.15, -0.1) is 0 Å². The molecule has 2 rings (SSSR count). The first-order valence-electron chi connectivity index (χ1n) is 3.94. The van der Waals surface area contributed by atoms with Crippen LogP contribution in [0.3, 0.4) is 0 Å². The summed E-state index contributed by atoms with van der Waals surface area (Å²) in [5.41, 5.74) is 2.21. The highest BCUT2D eigenvalue weighted by atomic mass is 35.5. The van der Waals surface area contributed by atoms with Gasteiger partial charge in [-0.3, -0.25) is 0 Å². The Kier molecular flexibility index (Phi) is 2.28. The zero-order valence-corrected chi connectivity index (χ0v) is 7.62. The van der Waals surface area contributed by atoms with Gasteiger partial charge < -0.3 is 0 Å². The van der Waals surface area contributed by atoms with Crippen LogP contribution in [0.15, 0.2) is 42.6 Å². The molecule has 0 unspecified atom stereocenters. The second-order valence-electron chi connectivity index (χ2n) is 2.66. The molecule has 0 atom stereocenters. The predicted molar refractivity (Wildman–Crippen MR) is 53.5 cm³/mol. The van der Waals surface area contributed by atoms with Crippen molar-refractivity contribution in [2.75, 3.05) is 0 Å². The predicted octanol–water partition coefficient (Wildman–Crippen LogP) is 3.20. The van der Waals surface area contributed by atoms with E-state index in [0.29, 0.717) is 5.15 Å². The van der Waals surface area contributed by atoms with Gasteiger partial charge in [0.2, 0.25) is 0 Å². The lowest BCUT2D eigenvalue weighted by atomic mass is 10.1. The van der Waals surface area contributed by atoms with E-state index >= 15 is 0 Å². The van der Waals surface area contributed by atoms with Crippen molar-refractivity contribution in [1.29, 1.82) is 0 Å². The Morgan fingerprint density at radius 3 is 2.54 bits per heavy atom. The molecule has 0 amide bonds. The van der Waals surface area contributed by atoms with Gasteiger partial charge in [0.1, 0.15) is 5.15 Å². The Morgan fingerprint density at radius 2 is 1.85 bits per heavy atom. The Labute approximate surface area is 82.0 Å². The molecule has 0 saturated carbocycles. The largest absolute Gasteiger partial charge is 0.245 e. The number of nitrogens with zero attached hydrogens (tertiary/aromatic N) is 1. The third kappa shape index (κ3) is 1.87. The maximum Gasteiger partial charge on any atom is 0.129 e. The zero-order valence-electron chi connectivity index (χ0n) is 6.87. The van der Waals surface area contributed by atoms with E-state index in [4.69, 9.17) is 11.6 Å². The number of hydrogen-bond donors (Lipinski definition) is 0. The summed E-state index contributed by atoms with van der Waals surface area (Å²) in [5.74, 6) is 0. The monoisotopic (exact) mass is 188 g/mol. The van der Waals surface area contributed by atoms with Crippen molar-refractivity contribution in [3.8, 4) is 11.1 Å². The topological polar surface area (TPSA) is 12.9 Å². The zero-order chi connectivity index (χ0) is 9.10. The molecule has 0 aliphatic heterocycles. The third-order valence-electron chi connectivity index (χ3n) is 1.78. The van der Waals surface area contributed by atoms with Crippen LogP contribution in [-0.2, 0) is 0 Å². The highest BCUT2D eigenvalue weighted by Gasteiger charge is 1.96. The van der Waals surface area contributed by atoms with Crippen molar-refractivity contribution in [2.24, 2.45) is 0 Å². The number of pyridine rings is 1. The highest BCUT2D eigenvalue weighted by Crippen LogP contribution is 2.20. The van der Waals surface area contributed by atoms with Crippen LogP contribution in [0.2, 0.25) is 5.15 Å². The summed E-state index contributed by atoms with van der Waals surface area (Å²) in [6, 6.07) is 14.5. The molecule has 1 aromatic heterocycles. The highest BCUT2D eigenvalue weighted by molar-refractivity contribution is 6.29. The third-order valence-corrected chi connectivity index (χ3v) is 1.98. The fourth-order valence-electron chi connectivity index (χ4n) is 1.16. The molecule has 2 heteroatoms. The molecule has 1 heterocycles. The second-order valence-corrected chi connectivity index (χ2v) is 3.04. The Hall–Kier alpha value is -1.34. The van der Waals surface area contributed by atoms with E-state index in [1.54, 1.807) is 6.20 Å². The lowest BCUT2D eigenvalue weighted by molar-refractivity contribution is 1.33. The second kappa shape index (κ2) is 3.58. The SMILES string of the molecule is Clc1cc(-c2cc[c]cc2)ccn1. The van der Waals surface area contributed by atoms with Crippen LogP contribution >= 0.6 is 11.6 Å². The normalized spacial score (nSPS) is 9.92. The average molecular weight is 189 g/mol. The van der Waals surface area contributed by atoms with Crippen LogP contribution in [0.1, 0.15) is 0 Å². The van der Waals surface area contributed by atoms with Gasteiger partial charge in [0, 0.05) is 6.20 Å². The molecular weight excluding hydrogens is 182 g/mol. The van der Waals surface area contributed by atoms with E-state index in [-0.39, 0.29) is 0 Å². The quantitative estimate of drug-likeness (QED) is 0.627. The number of benzene rings is 1. The van der Waals surface area contributed by atoms with Gasteiger partial charge in [-0.05, 0) is 29.3 Å². The number of hydrogen-bond acceptors (Lipinski definition) is 1. The molecule has 1 nitrogen and oxygen atoms in total. The van der Waals surface area contributed by atoms with E-state index in [1.165, 1.54) is 0 Å². The molecule has 0 spiro atoms. The maximum absolute atomic E-state index is 5.78. The molecule has 63 valence electrons. The van der Waals surface area contributed by atoms with Crippen molar-refractivity contribution in [3.05, 3.63) is 53.8 Å². The molecule has 0 aliphatic rings. The fraction of sp³-hybridized carbons (Fsp3) is 0. The van der Waals surface area contributed by atoms with E-state index in [0.717, 1.165) is 11.1 Å². The standard InChI is InChI=1S/C11H7ClN/c12-11-8-10(6-7-13-11)9-4-2-1-3-5-9/h2-8H. The van der Waals surface area contributed by atoms with Crippen LogP contribution in [0.25, 0.3) is 11.1 Å². The summed E-state index contributed by atoms with van der Waals surface area (Å²) in [6.07, 6.45) is 1.70. The van der Waals surface area contributed by atoms with E-state index in [9.17, 15) is 0 Å². The minimum Gasteiger partial charge on any atom is -0.245 e. The maximum atomic E-state index is 5.78. The summed E-state index contributed by atoms with van der Waals surface area (Å²) in [7, 11) is 0. The van der Waals surface area contributed by atoms with E-state index < -0.39 is 0 Å². The summed E-state index contributed by atoms with van der Waals surface area (Å²) >= 11 is 5.78. The molecule has 1 aromatic carbocycles. The van der Waals surface area contributed by atoms with Gasteiger partial charge in [0.15, 0.2) is 0 Å². The van der Waals surface area contributed by atoms with Gasteiger partial charge in [0.05, 0.1) is 0 Å². The van der Waals surface area contributed by atoms with Gasteiger partial charge in [0.25, 0.3) is 0 Å². The van der Waals surface area contributed by atoms with Crippen molar-refractivity contribution < 1.29 is 0 Å². The molecule has 0 N–H and O–H groups in total. The lowest BCUT2D eigenvalue weighted by Gasteiger charge is -1.99.